The van der Waals surface area contributed by atoms with Gasteiger partial charge < -0.3 is 15.8 Å². The number of halogens is 1. The Bertz CT molecular complexity index is 255. The van der Waals surface area contributed by atoms with E-state index in [1.807, 2.05) is 0 Å². The van der Waals surface area contributed by atoms with Crippen LogP contribution in [0.5, 0.6) is 0 Å². The normalized spacial score (nSPS) is 10.7. The SMILES string of the molecule is NCCOCCNCc1sccc1Br. The lowest BCUT2D eigenvalue weighted by Gasteiger charge is -2.04. The molecule has 0 atom stereocenters. The number of thiophene rings is 1. The molecule has 3 N–H and O–H groups in total. The number of nitrogens with one attached hydrogen (secondary N) is 1. The van der Waals surface area contributed by atoms with Crippen LogP contribution in [0.1, 0.15) is 4.88 Å². The van der Waals surface area contributed by atoms with E-state index in [1.165, 1.54) is 9.35 Å². The van der Waals surface area contributed by atoms with E-state index < -0.39 is 0 Å². The van der Waals surface area contributed by atoms with Gasteiger partial charge >= 0.3 is 0 Å². The molecule has 0 aliphatic carbocycles. The zero-order valence-corrected chi connectivity index (χ0v) is 10.4. The molecule has 0 fully saturated rings. The Hall–Kier alpha value is 0.0600. The van der Waals surface area contributed by atoms with E-state index in [0.717, 1.165) is 19.7 Å². The molecule has 0 radical (unpaired) electrons. The second kappa shape index (κ2) is 7.36. The predicted molar refractivity (Wildman–Crippen MR) is 63.6 cm³/mol. The average molecular weight is 279 g/mol. The maximum atomic E-state index is 5.29. The smallest absolute Gasteiger partial charge is 0.0591 e. The summed E-state index contributed by atoms with van der Waals surface area (Å²) >= 11 is 5.23. The van der Waals surface area contributed by atoms with Gasteiger partial charge in [0.2, 0.25) is 0 Å². The first kappa shape index (κ1) is 12.1. The van der Waals surface area contributed by atoms with Crippen molar-refractivity contribution in [3.05, 3.63) is 20.8 Å². The fourth-order valence-corrected chi connectivity index (χ4v) is 2.44. The highest BCUT2D eigenvalue weighted by Crippen LogP contribution is 2.21. The molecule has 0 aliphatic heterocycles. The summed E-state index contributed by atoms with van der Waals surface area (Å²) in [7, 11) is 0. The van der Waals surface area contributed by atoms with Crippen molar-refractivity contribution in [3.8, 4) is 0 Å². The standard InChI is InChI=1S/C9H15BrN2OS/c10-8-1-6-14-9(8)7-12-3-5-13-4-2-11/h1,6,12H,2-5,7,11H2. The van der Waals surface area contributed by atoms with Crippen LogP contribution in [0.3, 0.4) is 0 Å². The maximum absolute atomic E-state index is 5.29. The molecule has 0 aliphatic rings. The van der Waals surface area contributed by atoms with E-state index in [-0.39, 0.29) is 0 Å². The number of rotatable bonds is 7. The van der Waals surface area contributed by atoms with Crippen LogP contribution in [0.4, 0.5) is 0 Å². The van der Waals surface area contributed by atoms with Crippen LogP contribution in [-0.2, 0) is 11.3 Å². The summed E-state index contributed by atoms with van der Waals surface area (Å²) in [4.78, 5) is 1.32. The highest BCUT2D eigenvalue weighted by molar-refractivity contribution is 9.10. The van der Waals surface area contributed by atoms with Crippen molar-refractivity contribution in [1.82, 2.24) is 5.32 Å². The molecule has 0 bridgehead atoms. The van der Waals surface area contributed by atoms with Crippen LogP contribution >= 0.6 is 27.3 Å². The van der Waals surface area contributed by atoms with Gasteiger partial charge in [0, 0.05) is 29.0 Å². The third-order valence-corrected chi connectivity index (χ3v) is 3.59. The quantitative estimate of drug-likeness (QED) is 0.745. The Morgan fingerprint density at radius 1 is 1.50 bits per heavy atom. The van der Waals surface area contributed by atoms with E-state index in [4.69, 9.17) is 10.5 Å². The van der Waals surface area contributed by atoms with Crippen LogP contribution < -0.4 is 11.1 Å². The molecule has 5 heteroatoms. The van der Waals surface area contributed by atoms with Gasteiger partial charge in [-0.05, 0) is 27.4 Å². The van der Waals surface area contributed by atoms with Crippen molar-refractivity contribution in [2.45, 2.75) is 6.54 Å². The number of nitrogens with two attached hydrogens (primary N) is 1. The molecule has 0 unspecified atom stereocenters. The Morgan fingerprint density at radius 3 is 3.00 bits per heavy atom. The molecule has 80 valence electrons. The highest BCUT2D eigenvalue weighted by Gasteiger charge is 1.99. The molecule has 3 nitrogen and oxygen atoms in total. The minimum atomic E-state index is 0.594. The van der Waals surface area contributed by atoms with Crippen LogP contribution in [0, 0.1) is 0 Å². The number of hydrogen-bond acceptors (Lipinski definition) is 4. The average Bonchev–Trinajstić information content (AvgIpc) is 2.58. The molecule has 1 rings (SSSR count). The third-order valence-electron chi connectivity index (χ3n) is 1.66. The minimum absolute atomic E-state index is 0.594. The lowest BCUT2D eigenvalue weighted by atomic mass is 10.4. The van der Waals surface area contributed by atoms with Gasteiger partial charge in [-0.15, -0.1) is 11.3 Å². The Morgan fingerprint density at radius 2 is 2.36 bits per heavy atom. The Labute approximate surface area is 96.8 Å². The molecule has 0 aromatic carbocycles. The summed E-state index contributed by atoms with van der Waals surface area (Å²) in [6, 6.07) is 2.06. The van der Waals surface area contributed by atoms with Gasteiger partial charge in [-0.1, -0.05) is 0 Å². The molecule has 1 aromatic rings. The summed E-state index contributed by atoms with van der Waals surface area (Å²) in [5, 5.41) is 5.38. The fourth-order valence-electron chi connectivity index (χ4n) is 0.983. The van der Waals surface area contributed by atoms with Gasteiger partial charge in [-0.25, -0.2) is 0 Å². The van der Waals surface area contributed by atoms with E-state index in [1.54, 1.807) is 11.3 Å². The van der Waals surface area contributed by atoms with Crippen molar-refractivity contribution in [3.63, 3.8) is 0 Å². The lowest BCUT2D eigenvalue weighted by molar-refractivity contribution is 0.143. The summed E-state index contributed by atoms with van der Waals surface area (Å²) in [5.74, 6) is 0. The molecule has 0 saturated carbocycles. The predicted octanol–water partition coefficient (Wildman–Crippen LogP) is 1.58. The fraction of sp³-hybridized carbons (Fsp3) is 0.556. The number of hydrogen-bond donors (Lipinski definition) is 2. The Kier molecular flexibility index (Phi) is 6.38. The van der Waals surface area contributed by atoms with Crippen molar-refractivity contribution < 1.29 is 4.74 Å². The molecule has 0 spiro atoms. The zero-order chi connectivity index (χ0) is 10.2. The first-order valence-corrected chi connectivity index (χ1v) is 6.22. The molecule has 14 heavy (non-hydrogen) atoms. The molecular weight excluding hydrogens is 264 g/mol. The molecule has 0 amide bonds. The van der Waals surface area contributed by atoms with Crippen molar-refractivity contribution in [2.75, 3.05) is 26.3 Å². The van der Waals surface area contributed by atoms with Crippen LogP contribution in [-0.4, -0.2) is 26.3 Å². The third kappa shape index (κ3) is 4.52. The van der Waals surface area contributed by atoms with Gasteiger partial charge in [0.15, 0.2) is 0 Å². The summed E-state index contributed by atoms with van der Waals surface area (Å²) in [5.41, 5.74) is 5.29. The van der Waals surface area contributed by atoms with Gasteiger partial charge in [0.1, 0.15) is 0 Å². The van der Waals surface area contributed by atoms with Gasteiger partial charge in [-0.2, -0.15) is 0 Å². The highest BCUT2D eigenvalue weighted by atomic mass is 79.9. The van der Waals surface area contributed by atoms with E-state index in [0.29, 0.717) is 13.2 Å². The van der Waals surface area contributed by atoms with E-state index >= 15 is 0 Å². The van der Waals surface area contributed by atoms with Crippen LogP contribution in [0.2, 0.25) is 0 Å². The second-order valence-corrected chi connectivity index (χ2v) is 4.62. The van der Waals surface area contributed by atoms with Crippen LogP contribution in [0.25, 0.3) is 0 Å². The van der Waals surface area contributed by atoms with Gasteiger partial charge in [0.25, 0.3) is 0 Å². The lowest BCUT2D eigenvalue weighted by Crippen LogP contribution is -2.20. The second-order valence-electron chi connectivity index (χ2n) is 2.77. The van der Waals surface area contributed by atoms with Crippen molar-refractivity contribution >= 4 is 27.3 Å². The minimum Gasteiger partial charge on any atom is -0.379 e. The van der Waals surface area contributed by atoms with E-state index in [2.05, 4.69) is 32.7 Å². The first-order chi connectivity index (χ1) is 6.84. The van der Waals surface area contributed by atoms with Crippen molar-refractivity contribution in [2.24, 2.45) is 5.73 Å². The zero-order valence-electron chi connectivity index (χ0n) is 7.96. The van der Waals surface area contributed by atoms with Crippen LogP contribution in [0.15, 0.2) is 15.9 Å². The molecule has 1 aromatic heterocycles. The summed E-state index contributed by atoms with van der Waals surface area (Å²) in [6.07, 6.45) is 0. The maximum Gasteiger partial charge on any atom is 0.0591 e. The Balaban J connectivity index is 2.02. The van der Waals surface area contributed by atoms with Crippen molar-refractivity contribution in [1.29, 1.82) is 0 Å². The monoisotopic (exact) mass is 278 g/mol. The molecule has 1 heterocycles. The van der Waals surface area contributed by atoms with E-state index in [9.17, 15) is 0 Å². The molecule has 0 saturated heterocycles. The largest absolute Gasteiger partial charge is 0.379 e. The van der Waals surface area contributed by atoms with Gasteiger partial charge in [0.05, 0.1) is 13.2 Å². The van der Waals surface area contributed by atoms with Gasteiger partial charge in [-0.3, -0.25) is 0 Å². The summed E-state index contributed by atoms with van der Waals surface area (Å²) < 4.78 is 6.42. The molecular formula is C9H15BrN2OS. The first-order valence-electron chi connectivity index (χ1n) is 4.55. The number of ether oxygens (including phenoxy) is 1. The summed E-state index contributed by atoms with van der Waals surface area (Å²) in [6.45, 7) is 3.72. The topological polar surface area (TPSA) is 47.3 Å².